The van der Waals surface area contributed by atoms with Crippen molar-refractivity contribution in [3.05, 3.63) is 53.1 Å². The summed E-state index contributed by atoms with van der Waals surface area (Å²) in [4.78, 5) is 14.1. The van der Waals surface area contributed by atoms with Crippen LogP contribution in [0.2, 0.25) is 5.02 Å². The van der Waals surface area contributed by atoms with Gasteiger partial charge in [-0.1, -0.05) is 23.7 Å². The molecule has 0 atom stereocenters. The lowest BCUT2D eigenvalue weighted by atomic mass is 10.1. The van der Waals surface area contributed by atoms with Crippen molar-refractivity contribution in [3.63, 3.8) is 0 Å². The van der Waals surface area contributed by atoms with E-state index in [1.807, 2.05) is 25.1 Å². The summed E-state index contributed by atoms with van der Waals surface area (Å²) >= 11 is 5.98. The highest BCUT2D eigenvalue weighted by Gasteiger charge is 2.11. The zero-order chi connectivity index (χ0) is 17.7. The Labute approximate surface area is 144 Å². The van der Waals surface area contributed by atoms with Crippen molar-refractivity contribution >= 4 is 28.9 Å². The fourth-order valence-corrected chi connectivity index (χ4v) is 2.34. The molecule has 1 N–H and O–H groups in total. The Morgan fingerprint density at radius 3 is 2.46 bits per heavy atom. The minimum Gasteiger partial charge on any atom is -0.435 e. The molecule has 4 nitrogen and oxygen atoms in total. The molecule has 1 amide bonds. The molecule has 0 aliphatic rings. The van der Waals surface area contributed by atoms with Crippen molar-refractivity contribution in [2.75, 3.05) is 24.3 Å². The number of alkyl halides is 2. The van der Waals surface area contributed by atoms with Crippen LogP contribution < -0.4 is 15.0 Å². The topological polar surface area (TPSA) is 41.6 Å². The van der Waals surface area contributed by atoms with E-state index in [4.69, 9.17) is 11.6 Å². The number of carbonyl (C=O) groups excluding carboxylic acids is 1. The third-order valence-electron chi connectivity index (χ3n) is 3.23. The maximum atomic E-state index is 12.2. The molecule has 24 heavy (non-hydrogen) atoms. The van der Waals surface area contributed by atoms with Crippen LogP contribution in [-0.2, 0) is 11.2 Å². The Bertz CT molecular complexity index is 706. The summed E-state index contributed by atoms with van der Waals surface area (Å²) in [5.74, 6) is -0.179. The van der Waals surface area contributed by atoms with Gasteiger partial charge < -0.3 is 15.0 Å². The molecule has 0 unspecified atom stereocenters. The van der Waals surface area contributed by atoms with E-state index >= 15 is 0 Å². The monoisotopic (exact) mass is 354 g/mol. The first-order valence-corrected chi connectivity index (χ1v) is 7.53. The molecule has 2 aromatic carbocycles. The maximum Gasteiger partial charge on any atom is 0.387 e. The van der Waals surface area contributed by atoms with Crippen LogP contribution >= 0.6 is 11.6 Å². The molecule has 2 aromatic rings. The molecular weight excluding hydrogens is 338 g/mol. The molecule has 0 aliphatic heterocycles. The molecule has 0 heterocycles. The molecule has 128 valence electrons. The van der Waals surface area contributed by atoms with E-state index in [1.165, 1.54) is 12.1 Å². The number of nitrogens with one attached hydrogen (secondary N) is 1. The summed E-state index contributed by atoms with van der Waals surface area (Å²) < 4.78 is 28.5. The standard InChI is InChI=1S/C17H17ClF2N2O2/c1-22(2)15-8-5-12(18)10-14(15)21-16(23)9-11-3-6-13(7-4-11)24-17(19)20/h3-8,10,17H,9H2,1-2H3,(H,21,23). The number of anilines is 2. The minimum atomic E-state index is -2.87. The summed E-state index contributed by atoms with van der Waals surface area (Å²) in [6.07, 6.45) is 0.105. The lowest BCUT2D eigenvalue weighted by molar-refractivity contribution is -0.115. The van der Waals surface area contributed by atoms with Crippen LogP contribution in [0.5, 0.6) is 5.75 Å². The molecule has 0 fully saturated rings. The van der Waals surface area contributed by atoms with Crippen LogP contribution in [0.4, 0.5) is 20.2 Å². The minimum absolute atomic E-state index is 0.0545. The quantitative estimate of drug-likeness (QED) is 0.845. The number of ether oxygens (including phenoxy) is 1. The summed E-state index contributed by atoms with van der Waals surface area (Å²) in [5, 5.41) is 3.33. The second-order valence-electron chi connectivity index (χ2n) is 5.30. The van der Waals surface area contributed by atoms with Gasteiger partial charge in [-0.2, -0.15) is 8.78 Å². The number of amides is 1. The second kappa shape index (κ2) is 7.97. The summed E-state index contributed by atoms with van der Waals surface area (Å²) in [6, 6.07) is 11.2. The Morgan fingerprint density at radius 2 is 1.88 bits per heavy atom. The third-order valence-corrected chi connectivity index (χ3v) is 3.46. The van der Waals surface area contributed by atoms with Gasteiger partial charge in [-0.15, -0.1) is 0 Å². The first-order valence-electron chi connectivity index (χ1n) is 7.15. The van der Waals surface area contributed by atoms with E-state index in [0.29, 0.717) is 16.3 Å². The predicted octanol–water partition coefficient (Wildman–Crippen LogP) is 4.19. The highest BCUT2D eigenvalue weighted by molar-refractivity contribution is 6.31. The average Bonchev–Trinajstić information content (AvgIpc) is 2.48. The molecule has 7 heteroatoms. The number of rotatable bonds is 6. The van der Waals surface area contributed by atoms with Crippen molar-refractivity contribution in [1.29, 1.82) is 0 Å². The fraction of sp³-hybridized carbons (Fsp3) is 0.235. The first kappa shape index (κ1) is 18.0. The van der Waals surface area contributed by atoms with Gasteiger partial charge in [-0.3, -0.25) is 4.79 Å². The SMILES string of the molecule is CN(C)c1ccc(Cl)cc1NC(=O)Cc1ccc(OC(F)F)cc1. The summed E-state index contributed by atoms with van der Waals surface area (Å²) in [5.41, 5.74) is 2.12. The van der Waals surface area contributed by atoms with Crippen molar-refractivity contribution in [1.82, 2.24) is 0 Å². The smallest absolute Gasteiger partial charge is 0.387 e. The van der Waals surface area contributed by atoms with Gasteiger partial charge >= 0.3 is 6.61 Å². The number of benzene rings is 2. The Balaban J connectivity index is 2.04. The molecule has 0 aliphatic carbocycles. The van der Waals surface area contributed by atoms with Crippen LogP contribution in [0.25, 0.3) is 0 Å². The van der Waals surface area contributed by atoms with E-state index in [9.17, 15) is 13.6 Å². The maximum absolute atomic E-state index is 12.2. The van der Waals surface area contributed by atoms with Crippen LogP contribution in [0.1, 0.15) is 5.56 Å². The normalized spacial score (nSPS) is 10.6. The average molecular weight is 355 g/mol. The highest BCUT2D eigenvalue weighted by atomic mass is 35.5. The second-order valence-corrected chi connectivity index (χ2v) is 5.74. The molecular formula is C17H17ClF2N2O2. The van der Waals surface area contributed by atoms with Gasteiger partial charge in [-0.25, -0.2) is 0 Å². The largest absolute Gasteiger partial charge is 0.435 e. The van der Waals surface area contributed by atoms with Gasteiger partial charge in [-0.05, 0) is 35.9 Å². The summed E-state index contributed by atoms with van der Waals surface area (Å²) in [7, 11) is 3.72. The Kier molecular flexibility index (Phi) is 5.98. The van der Waals surface area contributed by atoms with Crippen LogP contribution in [0.3, 0.4) is 0 Å². The fourth-order valence-electron chi connectivity index (χ4n) is 2.17. The molecule has 0 saturated heterocycles. The van der Waals surface area contributed by atoms with Gasteiger partial charge in [0.15, 0.2) is 0 Å². The van der Waals surface area contributed by atoms with Gasteiger partial charge in [0, 0.05) is 19.1 Å². The zero-order valence-corrected chi connectivity index (χ0v) is 14.0. The molecule has 0 aromatic heterocycles. The number of carbonyl (C=O) groups is 1. The van der Waals surface area contributed by atoms with Crippen LogP contribution in [0, 0.1) is 0 Å². The van der Waals surface area contributed by atoms with Crippen molar-refractivity contribution in [2.45, 2.75) is 13.0 Å². The molecule has 0 spiro atoms. The van der Waals surface area contributed by atoms with E-state index in [1.54, 1.807) is 24.3 Å². The van der Waals surface area contributed by atoms with Gasteiger partial charge in [0.1, 0.15) is 5.75 Å². The summed E-state index contributed by atoms with van der Waals surface area (Å²) in [6.45, 7) is -2.87. The number of hydrogen-bond donors (Lipinski definition) is 1. The van der Waals surface area contributed by atoms with Gasteiger partial charge in [0.2, 0.25) is 5.91 Å². The Hall–Kier alpha value is -2.34. The van der Waals surface area contributed by atoms with Crippen LogP contribution in [0.15, 0.2) is 42.5 Å². The molecule has 2 rings (SSSR count). The highest BCUT2D eigenvalue weighted by Crippen LogP contribution is 2.28. The predicted molar refractivity (Wildman–Crippen MR) is 91.2 cm³/mol. The van der Waals surface area contributed by atoms with Gasteiger partial charge in [0.25, 0.3) is 0 Å². The zero-order valence-electron chi connectivity index (χ0n) is 13.2. The lowest BCUT2D eigenvalue weighted by Gasteiger charge is -2.18. The number of hydrogen-bond acceptors (Lipinski definition) is 3. The van der Waals surface area contributed by atoms with Crippen molar-refractivity contribution < 1.29 is 18.3 Å². The number of nitrogens with zero attached hydrogens (tertiary/aromatic N) is 1. The lowest BCUT2D eigenvalue weighted by Crippen LogP contribution is -2.18. The van der Waals surface area contributed by atoms with E-state index in [2.05, 4.69) is 10.1 Å². The molecule has 0 bridgehead atoms. The van der Waals surface area contributed by atoms with Crippen LogP contribution in [-0.4, -0.2) is 26.6 Å². The van der Waals surface area contributed by atoms with Crippen molar-refractivity contribution in [3.8, 4) is 5.75 Å². The molecule has 0 saturated carbocycles. The number of halogens is 3. The molecule has 0 radical (unpaired) electrons. The Morgan fingerprint density at radius 1 is 1.21 bits per heavy atom. The van der Waals surface area contributed by atoms with Gasteiger partial charge in [0.05, 0.1) is 17.8 Å². The van der Waals surface area contributed by atoms with E-state index in [0.717, 1.165) is 5.69 Å². The van der Waals surface area contributed by atoms with E-state index < -0.39 is 6.61 Å². The first-order chi connectivity index (χ1) is 11.3. The third kappa shape index (κ3) is 5.09. The van der Waals surface area contributed by atoms with E-state index in [-0.39, 0.29) is 18.1 Å². The van der Waals surface area contributed by atoms with Crippen molar-refractivity contribution in [2.24, 2.45) is 0 Å².